The number of nitrogens with one attached hydrogen (secondary N) is 2. The van der Waals surface area contributed by atoms with E-state index >= 15 is 0 Å². The second-order valence-corrected chi connectivity index (χ2v) is 14.2. The van der Waals surface area contributed by atoms with Crippen LogP contribution in [-0.4, -0.2) is 61.1 Å². The number of fused-ring (bicyclic) bond motifs is 2. The molecule has 0 spiro atoms. The standard InChI is InChI=1S/C39H39N9O2S/c1-24(21-43-36-32-28(25-10-3-2-4-11-25)22-51-37(32)48-35(47-36)31-14-6-8-19-42-31)50-26-16-17-39(20-26,38(40)49)23-44-33-27-12-9-15-29(27)45-34(46-33)30-13-5-7-18-41-30/h2-8,10-11,13-14,18-19,22,24,26H,9,12,15-17,20-21,23H2,1H3,(H2,40,49)(H,43,47,48)(H,44,45,46). The fraction of sp³-hybridized carbons (Fsp3) is 0.308. The zero-order chi connectivity index (χ0) is 34.8. The molecule has 3 atom stereocenters. The van der Waals surface area contributed by atoms with Crippen LogP contribution in [0.15, 0.2) is 84.5 Å². The lowest BCUT2D eigenvalue weighted by Gasteiger charge is -2.27. The molecule has 1 saturated carbocycles. The summed E-state index contributed by atoms with van der Waals surface area (Å²) in [6.07, 6.45) is 7.94. The number of thiophene rings is 1. The van der Waals surface area contributed by atoms with Crippen molar-refractivity contribution in [2.24, 2.45) is 11.1 Å². The number of aromatic nitrogens is 6. The maximum absolute atomic E-state index is 13.1. The minimum atomic E-state index is -0.753. The van der Waals surface area contributed by atoms with E-state index in [9.17, 15) is 4.79 Å². The normalized spacial score (nSPS) is 18.8. The summed E-state index contributed by atoms with van der Waals surface area (Å²) in [6.45, 7) is 2.94. The Labute approximate surface area is 300 Å². The highest BCUT2D eigenvalue weighted by Crippen LogP contribution is 2.41. The smallest absolute Gasteiger partial charge is 0.225 e. The molecule has 8 rings (SSSR count). The molecule has 5 heterocycles. The van der Waals surface area contributed by atoms with E-state index in [1.165, 1.54) is 0 Å². The lowest BCUT2D eigenvalue weighted by atomic mass is 9.85. The van der Waals surface area contributed by atoms with Gasteiger partial charge in [-0.15, -0.1) is 11.3 Å². The highest BCUT2D eigenvalue weighted by molar-refractivity contribution is 7.17. The summed E-state index contributed by atoms with van der Waals surface area (Å²) in [6, 6.07) is 21.7. The van der Waals surface area contributed by atoms with E-state index in [-0.39, 0.29) is 18.1 Å². The molecule has 0 radical (unpaired) electrons. The van der Waals surface area contributed by atoms with Gasteiger partial charge in [-0.05, 0) is 75.3 Å². The summed E-state index contributed by atoms with van der Waals surface area (Å²) in [5.41, 5.74) is 11.1. The van der Waals surface area contributed by atoms with E-state index in [1.54, 1.807) is 23.7 Å². The molecule has 0 saturated heterocycles. The van der Waals surface area contributed by atoms with Gasteiger partial charge in [0.2, 0.25) is 5.91 Å². The number of aryl methyl sites for hydroxylation is 1. The van der Waals surface area contributed by atoms with Crippen molar-refractivity contribution < 1.29 is 9.53 Å². The summed E-state index contributed by atoms with van der Waals surface area (Å²) < 4.78 is 6.58. The van der Waals surface area contributed by atoms with Gasteiger partial charge in [0.1, 0.15) is 27.9 Å². The Kier molecular flexibility index (Phi) is 9.10. The van der Waals surface area contributed by atoms with Gasteiger partial charge in [0.25, 0.3) is 0 Å². The second kappa shape index (κ2) is 14.1. The SMILES string of the molecule is CC(CNc1nc(-c2ccccn2)nc2scc(-c3ccccc3)c12)OC1CCC(CNc2nc(-c3ccccn3)nc3c2CCC3)(C(N)=O)C1. The molecule has 1 amide bonds. The van der Waals surface area contributed by atoms with E-state index in [2.05, 4.69) is 38.1 Å². The topological polar surface area (TPSA) is 154 Å². The van der Waals surface area contributed by atoms with E-state index in [4.69, 9.17) is 30.4 Å². The van der Waals surface area contributed by atoms with Crippen LogP contribution in [0.4, 0.5) is 11.6 Å². The number of nitrogens with two attached hydrogens (primary N) is 1. The van der Waals surface area contributed by atoms with Gasteiger partial charge in [-0.1, -0.05) is 42.5 Å². The molecule has 258 valence electrons. The fourth-order valence-corrected chi connectivity index (χ4v) is 8.18. The molecule has 3 unspecified atom stereocenters. The number of carbonyl (C=O) groups excluding carboxylic acids is 1. The van der Waals surface area contributed by atoms with Crippen molar-refractivity contribution in [1.82, 2.24) is 29.9 Å². The Bertz CT molecular complexity index is 2160. The van der Waals surface area contributed by atoms with Gasteiger partial charge < -0.3 is 21.1 Å². The first-order valence-corrected chi connectivity index (χ1v) is 18.3. The van der Waals surface area contributed by atoms with Crippen LogP contribution < -0.4 is 16.4 Å². The lowest BCUT2D eigenvalue weighted by molar-refractivity contribution is -0.127. The molecule has 6 aromatic rings. The number of pyridine rings is 2. The van der Waals surface area contributed by atoms with E-state index < -0.39 is 5.41 Å². The second-order valence-electron chi connectivity index (χ2n) is 13.4. The number of ether oxygens (including phenoxy) is 1. The van der Waals surface area contributed by atoms with Gasteiger partial charge in [-0.25, -0.2) is 19.9 Å². The fourth-order valence-electron chi connectivity index (χ4n) is 7.23. The third kappa shape index (κ3) is 6.76. The van der Waals surface area contributed by atoms with Gasteiger partial charge in [-0.3, -0.25) is 14.8 Å². The third-order valence-electron chi connectivity index (χ3n) is 9.90. The zero-order valence-corrected chi connectivity index (χ0v) is 29.2. The number of nitrogens with zero attached hydrogens (tertiary/aromatic N) is 6. The maximum Gasteiger partial charge on any atom is 0.225 e. The monoisotopic (exact) mass is 697 g/mol. The number of carbonyl (C=O) groups is 1. The number of amides is 1. The van der Waals surface area contributed by atoms with E-state index in [0.29, 0.717) is 43.3 Å². The number of rotatable bonds is 12. The average molecular weight is 698 g/mol. The average Bonchev–Trinajstić information content (AvgIpc) is 3.93. The first kappa shape index (κ1) is 32.9. The van der Waals surface area contributed by atoms with Crippen LogP contribution in [0.1, 0.15) is 43.9 Å². The van der Waals surface area contributed by atoms with Crippen LogP contribution in [0, 0.1) is 5.41 Å². The van der Waals surface area contributed by atoms with Crippen molar-refractivity contribution in [2.75, 3.05) is 23.7 Å². The Morgan fingerprint density at radius 3 is 2.37 bits per heavy atom. The summed E-state index contributed by atoms with van der Waals surface area (Å²) in [7, 11) is 0. The van der Waals surface area contributed by atoms with Gasteiger partial charge in [0.15, 0.2) is 11.6 Å². The molecule has 2 aliphatic carbocycles. The molecule has 5 aromatic heterocycles. The predicted molar refractivity (Wildman–Crippen MR) is 200 cm³/mol. The predicted octanol–water partition coefficient (Wildman–Crippen LogP) is 6.71. The lowest BCUT2D eigenvalue weighted by Crippen LogP contribution is -2.41. The molecule has 1 aromatic carbocycles. The van der Waals surface area contributed by atoms with E-state index in [1.807, 2.05) is 61.5 Å². The molecular weight excluding hydrogens is 659 g/mol. The van der Waals surface area contributed by atoms with Crippen molar-refractivity contribution in [3.05, 3.63) is 95.8 Å². The summed E-state index contributed by atoms with van der Waals surface area (Å²) in [4.78, 5) is 42.4. The van der Waals surface area contributed by atoms with Gasteiger partial charge in [-0.2, -0.15) is 0 Å². The van der Waals surface area contributed by atoms with E-state index in [0.717, 1.165) is 75.6 Å². The molecule has 2 aliphatic rings. The third-order valence-corrected chi connectivity index (χ3v) is 10.8. The van der Waals surface area contributed by atoms with Crippen molar-refractivity contribution in [2.45, 2.75) is 57.7 Å². The van der Waals surface area contributed by atoms with Gasteiger partial charge in [0, 0.05) is 47.7 Å². The Hall–Kier alpha value is -5.33. The van der Waals surface area contributed by atoms with Crippen molar-refractivity contribution in [3.63, 3.8) is 0 Å². The number of benzene rings is 1. The number of hydrogen-bond donors (Lipinski definition) is 3. The number of anilines is 2. The van der Waals surface area contributed by atoms with Crippen molar-refractivity contribution >= 4 is 39.1 Å². The quantitative estimate of drug-likeness (QED) is 0.126. The molecule has 0 aliphatic heterocycles. The van der Waals surface area contributed by atoms with Crippen molar-refractivity contribution in [1.29, 1.82) is 0 Å². The summed E-state index contributed by atoms with van der Waals surface area (Å²) >= 11 is 1.59. The first-order chi connectivity index (χ1) is 25.0. The molecular formula is C39H39N9O2S. The first-order valence-electron chi connectivity index (χ1n) is 17.5. The minimum absolute atomic E-state index is 0.119. The Balaban J connectivity index is 0.972. The van der Waals surface area contributed by atoms with Crippen LogP contribution in [0.3, 0.4) is 0 Å². The highest BCUT2D eigenvalue weighted by atomic mass is 32.1. The van der Waals surface area contributed by atoms with Crippen LogP contribution in [0.25, 0.3) is 44.4 Å². The highest BCUT2D eigenvalue weighted by Gasteiger charge is 2.45. The Morgan fingerprint density at radius 1 is 0.922 bits per heavy atom. The minimum Gasteiger partial charge on any atom is -0.373 e. The molecule has 1 fully saturated rings. The van der Waals surface area contributed by atoms with Crippen LogP contribution in [-0.2, 0) is 22.4 Å². The van der Waals surface area contributed by atoms with Crippen molar-refractivity contribution in [3.8, 4) is 34.2 Å². The molecule has 51 heavy (non-hydrogen) atoms. The van der Waals surface area contributed by atoms with Crippen LogP contribution in [0.5, 0.6) is 0 Å². The molecule has 0 bridgehead atoms. The molecule has 12 heteroatoms. The number of hydrogen-bond acceptors (Lipinski definition) is 11. The maximum atomic E-state index is 13.1. The van der Waals surface area contributed by atoms with Gasteiger partial charge in [0.05, 0.1) is 23.0 Å². The van der Waals surface area contributed by atoms with Gasteiger partial charge >= 0.3 is 0 Å². The molecule has 4 N–H and O–H groups in total. The summed E-state index contributed by atoms with van der Waals surface area (Å²) in [5.74, 6) is 2.34. The van der Waals surface area contributed by atoms with Crippen LogP contribution >= 0.6 is 11.3 Å². The summed E-state index contributed by atoms with van der Waals surface area (Å²) in [5, 5.41) is 10.2. The zero-order valence-electron chi connectivity index (χ0n) is 28.4. The Morgan fingerprint density at radius 2 is 1.65 bits per heavy atom. The largest absolute Gasteiger partial charge is 0.373 e. The van der Waals surface area contributed by atoms with Crippen LogP contribution in [0.2, 0.25) is 0 Å². The number of primary amides is 1. The molecule has 11 nitrogen and oxygen atoms in total.